The van der Waals surface area contributed by atoms with Crippen LogP contribution >= 0.6 is 0 Å². The topological polar surface area (TPSA) is 120 Å². The fourth-order valence-electron chi connectivity index (χ4n) is 6.89. The molecule has 0 saturated heterocycles. The lowest BCUT2D eigenvalue weighted by Gasteiger charge is -2.13. The van der Waals surface area contributed by atoms with E-state index in [-0.39, 0.29) is 16.7 Å². The van der Waals surface area contributed by atoms with E-state index in [0.717, 1.165) is 54.7 Å². The Kier molecular flexibility index (Phi) is 6.45. The standard InChI is InChI=1S/C42H22N8/c43-23-26-19-29(24-44)39(30(20-26)25-45)49-35-17-9-7-15-31(35)33-22-38-34(21-37(33)49)32-16-8-10-18-36(32)50(38)42-47-40(27-11-3-1-4-12-27)46-41(48-42)28-13-5-2-6-14-28/h1-22H. The molecule has 0 N–H and O–H groups in total. The molecule has 0 bridgehead atoms. The summed E-state index contributed by atoms with van der Waals surface area (Å²) in [5, 5.41) is 33.9. The molecule has 8 nitrogen and oxygen atoms in total. The Balaban J connectivity index is 1.41. The van der Waals surface area contributed by atoms with E-state index in [1.165, 1.54) is 12.1 Å². The Morgan fingerprint density at radius 3 is 1.38 bits per heavy atom. The SMILES string of the molecule is N#Cc1cc(C#N)c(-n2c3ccccc3c3cc4c(cc32)c2ccccc2n4-c2nc(-c3ccccc3)nc(-c3ccccc3)n2)c(C#N)c1. The molecule has 0 aliphatic carbocycles. The Morgan fingerprint density at radius 2 is 0.880 bits per heavy atom. The van der Waals surface area contributed by atoms with Gasteiger partial charge in [0.2, 0.25) is 5.95 Å². The van der Waals surface area contributed by atoms with Crippen molar-refractivity contribution in [1.82, 2.24) is 24.1 Å². The molecule has 0 amide bonds. The molecule has 3 heterocycles. The monoisotopic (exact) mass is 638 g/mol. The second-order valence-corrected chi connectivity index (χ2v) is 11.9. The molecule has 50 heavy (non-hydrogen) atoms. The highest BCUT2D eigenvalue weighted by molar-refractivity contribution is 6.19. The van der Waals surface area contributed by atoms with E-state index < -0.39 is 0 Å². The Hall–Kier alpha value is -7.60. The lowest BCUT2D eigenvalue weighted by Crippen LogP contribution is -2.06. The molecule has 0 aliphatic heterocycles. The molecular formula is C42H22N8. The minimum Gasteiger partial charge on any atom is -0.307 e. The average Bonchev–Trinajstić information content (AvgIpc) is 3.68. The molecule has 0 aliphatic rings. The molecule has 230 valence electrons. The largest absolute Gasteiger partial charge is 0.307 e. The highest BCUT2D eigenvalue weighted by atomic mass is 15.2. The number of nitrogens with zero attached hydrogens (tertiary/aromatic N) is 8. The average molecular weight is 639 g/mol. The summed E-state index contributed by atoms with van der Waals surface area (Å²) in [6.07, 6.45) is 0. The molecule has 0 atom stereocenters. The summed E-state index contributed by atoms with van der Waals surface area (Å²) in [6.45, 7) is 0. The molecule has 0 unspecified atom stereocenters. The van der Waals surface area contributed by atoms with E-state index in [9.17, 15) is 15.8 Å². The minimum atomic E-state index is 0.248. The van der Waals surface area contributed by atoms with Crippen molar-refractivity contribution in [3.63, 3.8) is 0 Å². The second-order valence-electron chi connectivity index (χ2n) is 11.9. The zero-order chi connectivity index (χ0) is 33.8. The first-order valence-corrected chi connectivity index (χ1v) is 15.9. The van der Waals surface area contributed by atoms with Crippen LogP contribution in [0.2, 0.25) is 0 Å². The van der Waals surface area contributed by atoms with Crippen molar-refractivity contribution >= 4 is 43.6 Å². The molecule has 6 aromatic carbocycles. The molecular weight excluding hydrogens is 617 g/mol. The van der Waals surface area contributed by atoms with Crippen LogP contribution in [0.3, 0.4) is 0 Å². The number of para-hydroxylation sites is 2. The molecule has 3 aromatic heterocycles. The number of aromatic nitrogens is 5. The van der Waals surface area contributed by atoms with Gasteiger partial charge in [0.05, 0.1) is 50.5 Å². The van der Waals surface area contributed by atoms with Gasteiger partial charge in [-0.15, -0.1) is 0 Å². The molecule has 9 aromatic rings. The summed E-state index contributed by atoms with van der Waals surface area (Å²) in [6, 6.07) is 49.8. The van der Waals surface area contributed by atoms with E-state index in [2.05, 4.69) is 47.0 Å². The van der Waals surface area contributed by atoms with Gasteiger partial charge >= 0.3 is 0 Å². The summed E-state index contributed by atoms with van der Waals surface area (Å²) in [5.41, 5.74) is 6.43. The van der Waals surface area contributed by atoms with Crippen molar-refractivity contribution in [2.45, 2.75) is 0 Å². The van der Waals surface area contributed by atoms with Crippen molar-refractivity contribution in [3.8, 4) is 52.6 Å². The summed E-state index contributed by atoms with van der Waals surface area (Å²) in [5.74, 6) is 1.61. The maximum atomic E-state index is 10.2. The van der Waals surface area contributed by atoms with E-state index in [4.69, 9.17) is 15.0 Å². The van der Waals surface area contributed by atoms with Gasteiger partial charge in [-0.1, -0.05) is 97.1 Å². The van der Waals surface area contributed by atoms with Crippen LogP contribution in [0, 0.1) is 34.0 Å². The zero-order valence-corrected chi connectivity index (χ0v) is 26.3. The molecule has 0 spiro atoms. The Morgan fingerprint density at radius 1 is 0.420 bits per heavy atom. The van der Waals surface area contributed by atoms with Crippen LogP contribution in [0.1, 0.15) is 16.7 Å². The predicted molar refractivity (Wildman–Crippen MR) is 194 cm³/mol. The number of benzene rings is 6. The van der Waals surface area contributed by atoms with Crippen molar-refractivity contribution in [3.05, 3.63) is 150 Å². The summed E-state index contributed by atoms with van der Waals surface area (Å²) >= 11 is 0. The summed E-state index contributed by atoms with van der Waals surface area (Å²) < 4.78 is 4.05. The Bertz CT molecular complexity index is 2860. The van der Waals surface area contributed by atoms with E-state index in [1.807, 2.05) is 102 Å². The molecule has 0 radical (unpaired) electrons. The third-order valence-electron chi connectivity index (χ3n) is 9.06. The molecule has 0 saturated carbocycles. The number of rotatable bonds is 4. The summed E-state index contributed by atoms with van der Waals surface area (Å²) in [7, 11) is 0. The van der Waals surface area contributed by atoms with Gasteiger partial charge < -0.3 is 4.57 Å². The van der Waals surface area contributed by atoms with Crippen molar-refractivity contribution in [2.24, 2.45) is 0 Å². The quantitative estimate of drug-likeness (QED) is 0.190. The number of hydrogen-bond acceptors (Lipinski definition) is 6. The first kappa shape index (κ1) is 28.6. The zero-order valence-electron chi connectivity index (χ0n) is 26.3. The fourth-order valence-corrected chi connectivity index (χ4v) is 6.89. The number of hydrogen-bond donors (Lipinski definition) is 0. The lowest BCUT2D eigenvalue weighted by molar-refractivity contribution is 0.954. The van der Waals surface area contributed by atoms with Gasteiger partial charge in [-0.2, -0.15) is 25.8 Å². The van der Waals surface area contributed by atoms with Crippen LogP contribution in [-0.2, 0) is 0 Å². The van der Waals surface area contributed by atoms with Crippen LogP contribution in [0.5, 0.6) is 0 Å². The normalized spacial score (nSPS) is 11.1. The highest BCUT2D eigenvalue weighted by Crippen LogP contribution is 2.40. The first-order valence-electron chi connectivity index (χ1n) is 15.9. The molecule has 0 fully saturated rings. The maximum Gasteiger partial charge on any atom is 0.238 e. The van der Waals surface area contributed by atoms with Gasteiger partial charge in [-0.3, -0.25) is 4.57 Å². The third-order valence-corrected chi connectivity index (χ3v) is 9.06. The van der Waals surface area contributed by atoms with E-state index in [1.54, 1.807) is 0 Å². The molecule has 8 heteroatoms. The van der Waals surface area contributed by atoms with Crippen molar-refractivity contribution in [2.75, 3.05) is 0 Å². The minimum absolute atomic E-state index is 0.248. The smallest absolute Gasteiger partial charge is 0.238 e. The number of nitriles is 3. The van der Waals surface area contributed by atoms with Gasteiger partial charge in [-0.25, -0.2) is 4.98 Å². The maximum absolute atomic E-state index is 10.2. The van der Waals surface area contributed by atoms with Crippen LogP contribution < -0.4 is 0 Å². The van der Waals surface area contributed by atoms with Crippen molar-refractivity contribution in [1.29, 1.82) is 15.8 Å². The predicted octanol–water partition coefficient (Wildman–Crippen LogP) is 9.01. The first-order chi connectivity index (χ1) is 24.7. The van der Waals surface area contributed by atoms with Gasteiger partial charge in [0.15, 0.2) is 11.6 Å². The highest BCUT2D eigenvalue weighted by Gasteiger charge is 2.23. The van der Waals surface area contributed by atoms with Crippen LogP contribution in [0.4, 0.5) is 0 Å². The third kappa shape index (κ3) is 4.33. The Labute approximate surface area is 285 Å². The second kappa shape index (κ2) is 11.3. The van der Waals surface area contributed by atoms with Gasteiger partial charge in [0.25, 0.3) is 0 Å². The van der Waals surface area contributed by atoms with Gasteiger partial charge in [-0.05, 0) is 36.4 Å². The van der Waals surface area contributed by atoms with Crippen LogP contribution in [0.25, 0.3) is 78.0 Å². The van der Waals surface area contributed by atoms with Gasteiger partial charge in [0, 0.05) is 32.7 Å². The van der Waals surface area contributed by atoms with E-state index in [0.29, 0.717) is 23.3 Å². The summed E-state index contributed by atoms with van der Waals surface area (Å²) in [4.78, 5) is 15.0. The van der Waals surface area contributed by atoms with Crippen LogP contribution in [0.15, 0.2) is 133 Å². The van der Waals surface area contributed by atoms with Crippen molar-refractivity contribution < 1.29 is 0 Å². The molecule has 9 rings (SSSR count). The van der Waals surface area contributed by atoms with Crippen LogP contribution in [-0.4, -0.2) is 24.1 Å². The van der Waals surface area contributed by atoms with Gasteiger partial charge in [0.1, 0.15) is 12.1 Å². The fraction of sp³-hybridized carbons (Fsp3) is 0. The van der Waals surface area contributed by atoms with E-state index >= 15 is 0 Å². The number of fused-ring (bicyclic) bond motifs is 6. The lowest BCUT2D eigenvalue weighted by atomic mass is 10.0.